The van der Waals surface area contributed by atoms with Crippen molar-refractivity contribution in [3.63, 3.8) is 0 Å². The highest BCUT2D eigenvalue weighted by molar-refractivity contribution is 6.02. The number of hydrogen-bond acceptors (Lipinski definition) is 3. The van der Waals surface area contributed by atoms with Gasteiger partial charge in [0.2, 0.25) is 5.91 Å². The molecule has 3 aromatic rings. The Hall–Kier alpha value is -4.33. The Bertz CT molecular complexity index is 1090. The van der Waals surface area contributed by atoms with Crippen LogP contribution in [0.25, 0.3) is 0 Å². The van der Waals surface area contributed by atoms with E-state index in [0.717, 1.165) is 0 Å². The minimum atomic E-state index is -0.758. The summed E-state index contributed by atoms with van der Waals surface area (Å²) in [5, 5.41) is 13.7. The van der Waals surface area contributed by atoms with E-state index in [1.165, 1.54) is 0 Å². The molecule has 3 aromatic carbocycles. The van der Waals surface area contributed by atoms with Crippen LogP contribution in [0.4, 0.5) is 32.3 Å². The highest BCUT2D eigenvalue weighted by Gasteiger charge is 2.24. The van der Waals surface area contributed by atoms with Crippen LogP contribution in [-0.4, -0.2) is 24.0 Å². The second-order valence-corrected chi connectivity index (χ2v) is 7.70. The molecule has 0 radical (unpaired) electrons. The summed E-state index contributed by atoms with van der Waals surface area (Å²) in [5.41, 5.74) is 2.30. The average molecular weight is 446 g/mol. The van der Waals surface area contributed by atoms with Crippen LogP contribution in [0.2, 0.25) is 0 Å². The van der Waals surface area contributed by atoms with Gasteiger partial charge in [-0.05, 0) is 48.4 Å². The molecule has 0 spiro atoms. The number of carbonyl (C=O) groups is 3. The first kappa shape index (κ1) is 23.3. The van der Waals surface area contributed by atoms with E-state index in [1.54, 1.807) is 48.5 Å². The van der Waals surface area contributed by atoms with E-state index in [1.807, 2.05) is 50.2 Å². The summed E-state index contributed by atoms with van der Waals surface area (Å²) in [6, 6.07) is 23.2. The van der Waals surface area contributed by atoms with E-state index in [2.05, 4.69) is 26.6 Å². The molecule has 170 valence electrons. The SMILES string of the molecule is CC(C)C(NC(=O)Nc1ccccc1)C(=O)Nc1cccc(NC(=O)Nc2ccccc2)c1. The Kier molecular flexibility index (Phi) is 8.02. The Morgan fingerprint density at radius 1 is 0.576 bits per heavy atom. The molecule has 5 N–H and O–H groups in total. The van der Waals surface area contributed by atoms with Crippen LogP contribution in [-0.2, 0) is 4.79 Å². The molecule has 1 atom stereocenters. The smallest absolute Gasteiger partial charge is 0.323 e. The first-order chi connectivity index (χ1) is 15.9. The topological polar surface area (TPSA) is 111 Å². The first-order valence-corrected chi connectivity index (χ1v) is 10.6. The van der Waals surface area contributed by atoms with Gasteiger partial charge in [-0.15, -0.1) is 0 Å². The molecule has 3 rings (SSSR count). The summed E-state index contributed by atoms with van der Waals surface area (Å²) < 4.78 is 0. The Morgan fingerprint density at radius 3 is 1.58 bits per heavy atom. The lowest BCUT2D eigenvalue weighted by Gasteiger charge is -2.22. The van der Waals surface area contributed by atoms with Gasteiger partial charge in [-0.2, -0.15) is 0 Å². The third-order valence-electron chi connectivity index (χ3n) is 4.69. The number of carbonyl (C=O) groups excluding carboxylic acids is 3. The highest BCUT2D eigenvalue weighted by atomic mass is 16.2. The number of nitrogens with one attached hydrogen (secondary N) is 5. The maximum Gasteiger partial charge on any atom is 0.323 e. The quantitative estimate of drug-likeness (QED) is 0.348. The number of hydrogen-bond donors (Lipinski definition) is 5. The third kappa shape index (κ3) is 7.39. The van der Waals surface area contributed by atoms with Gasteiger partial charge >= 0.3 is 12.1 Å². The van der Waals surface area contributed by atoms with Gasteiger partial charge in [-0.1, -0.05) is 56.3 Å². The molecule has 0 saturated carbocycles. The van der Waals surface area contributed by atoms with Crippen LogP contribution in [0.15, 0.2) is 84.9 Å². The van der Waals surface area contributed by atoms with Crippen LogP contribution in [0.1, 0.15) is 13.8 Å². The van der Waals surface area contributed by atoms with Crippen molar-refractivity contribution >= 4 is 40.7 Å². The largest absolute Gasteiger partial charge is 0.326 e. The van der Waals surface area contributed by atoms with E-state index >= 15 is 0 Å². The van der Waals surface area contributed by atoms with Gasteiger partial charge in [0, 0.05) is 22.7 Å². The lowest BCUT2D eigenvalue weighted by atomic mass is 10.0. The minimum Gasteiger partial charge on any atom is -0.326 e. The normalized spacial score (nSPS) is 11.2. The summed E-state index contributed by atoms with van der Waals surface area (Å²) in [4.78, 5) is 37.4. The molecule has 1 unspecified atom stereocenters. The van der Waals surface area contributed by atoms with Crippen LogP contribution in [0.5, 0.6) is 0 Å². The van der Waals surface area contributed by atoms with E-state index < -0.39 is 18.1 Å². The van der Waals surface area contributed by atoms with Crippen LogP contribution in [0.3, 0.4) is 0 Å². The minimum absolute atomic E-state index is 0.149. The molecule has 0 aliphatic carbocycles. The van der Waals surface area contributed by atoms with Gasteiger partial charge in [0.15, 0.2) is 0 Å². The summed E-state index contributed by atoms with van der Waals surface area (Å²) in [5.74, 6) is -0.511. The molecule has 0 aliphatic heterocycles. The van der Waals surface area contributed by atoms with Crippen LogP contribution < -0.4 is 26.6 Å². The van der Waals surface area contributed by atoms with Gasteiger partial charge in [0.05, 0.1) is 0 Å². The Labute approximate surface area is 192 Å². The lowest BCUT2D eigenvalue weighted by Crippen LogP contribution is -2.48. The number of urea groups is 2. The molecule has 0 aliphatic rings. The van der Waals surface area contributed by atoms with Crippen molar-refractivity contribution < 1.29 is 14.4 Å². The number of rotatable bonds is 7. The molecule has 33 heavy (non-hydrogen) atoms. The molecule has 0 fully saturated rings. The molecule has 0 heterocycles. The van der Waals surface area contributed by atoms with Crippen molar-refractivity contribution in [3.8, 4) is 0 Å². The zero-order chi connectivity index (χ0) is 23.6. The predicted octanol–water partition coefficient (Wildman–Crippen LogP) is 5.12. The van der Waals surface area contributed by atoms with E-state index in [9.17, 15) is 14.4 Å². The zero-order valence-corrected chi connectivity index (χ0v) is 18.5. The van der Waals surface area contributed by atoms with Gasteiger partial charge in [-0.25, -0.2) is 9.59 Å². The molecule has 0 saturated heterocycles. The summed E-state index contributed by atoms with van der Waals surface area (Å²) in [7, 11) is 0. The summed E-state index contributed by atoms with van der Waals surface area (Å²) in [6.45, 7) is 3.69. The number of anilines is 4. The van der Waals surface area contributed by atoms with Crippen LogP contribution >= 0.6 is 0 Å². The number of para-hydroxylation sites is 2. The van der Waals surface area contributed by atoms with Crippen molar-refractivity contribution in [3.05, 3.63) is 84.9 Å². The van der Waals surface area contributed by atoms with Crippen molar-refractivity contribution in [2.75, 3.05) is 21.3 Å². The van der Waals surface area contributed by atoms with Crippen molar-refractivity contribution in [2.24, 2.45) is 5.92 Å². The molecule has 0 aromatic heterocycles. The number of amides is 5. The third-order valence-corrected chi connectivity index (χ3v) is 4.69. The van der Waals surface area contributed by atoms with Crippen LogP contribution in [0, 0.1) is 5.92 Å². The van der Waals surface area contributed by atoms with Crippen molar-refractivity contribution in [2.45, 2.75) is 19.9 Å². The molecular formula is C25H27N5O3. The monoisotopic (exact) mass is 445 g/mol. The Morgan fingerprint density at radius 2 is 1.03 bits per heavy atom. The lowest BCUT2D eigenvalue weighted by molar-refractivity contribution is -0.118. The van der Waals surface area contributed by atoms with E-state index in [-0.39, 0.29) is 11.8 Å². The standard InChI is InChI=1S/C25H27N5O3/c1-17(2)22(30-25(33)28-19-12-7-4-8-13-19)23(31)26-20-14-9-15-21(16-20)29-24(32)27-18-10-5-3-6-11-18/h3-17,22H,1-2H3,(H,26,31)(H2,27,29,32)(H2,28,30,33). The average Bonchev–Trinajstić information content (AvgIpc) is 2.78. The predicted molar refractivity (Wildman–Crippen MR) is 131 cm³/mol. The first-order valence-electron chi connectivity index (χ1n) is 10.6. The van der Waals surface area contributed by atoms with Gasteiger partial charge in [-0.3, -0.25) is 4.79 Å². The molecular weight excluding hydrogens is 418 g/mol. The van der Waals surface area contributed by atoms with Crippen molar-refractivity contribution in [1.82, 2.24) is 5.32 Å². The van der Waals surface area contributed by atoms with E-state index in [4.69, 9.17) is 0 Å². The maximum atomic E-state index is 12.9. The molecule has 8 nitrogen and oxygen atoms in total. The molecule has 5 amide bonds. The zero-order valence-electron chi connectivity index (χ0n) is 18.5. The summed E-state index contributed by atoms with van der Waals surface area (Å²) in [6.07, 6.45) is 0. The highest BCUT2D eigenvalue weighted by Crippen LogP contribution is 2.17. The Balaban J connectivity index is 1.59. The van der Waals surface area contributed by atoms with Gasteiger partial charge < -0.3 is 26.6 Å². The van der Waals surface area contributed by atoms with E-state index in [0.29, 0.717) is 22.7 Å². The summed E-state index contributed by atoms with van der Waals surface area (Å²) >= 11 is 0. The fourth-order valence-electron chi connectivity index (χ4n) is 3.07. The second-order valence-electron chi connectivity index (χ2n) is 7.70. The molecule has 8 heteroatoms. The number of benzene rings is 3. The molecule has 0 bridgehead atoms. The van der Waals surface area contributed by atoms with Gasteiger partial charge in [0.25, 0.3) is 0 Å². The maximum absolute atomic E-state index is 12.9. The van der Waals surface area contributed by atoms with Gasteiger partial charge in [0.1, 0.15) is 6.04 Å². The fourth-order valence-corrected chi connectivity index (χ4v) is 3.07. The fraction of sp³-hybridized carbons (Fsp3) is 0.160. The second kappa shape index (κ2) is 11.3. The van der Waals surface area contributed by atoms with Crippen molar-refractivity contribution in [1.29, 1.82) is 0 Å².